The Bertz CT molecular complexity index is 1280. The number of ether oxygens (including phenoxy) is 3. The van der Waals surface area contributed by atoms with Gasteiger partial charge >= 0.3 is 6.36 Å². The first-order chi connectivity index (χ1) is 15.8. The van der Waals surface area contributed by atoms with Crippen molar-refractivity contribution in [2.24, 2.45) is 0 Å². The van der Waals surface area contributed by atoms with Crippen molar-refractivity contribution in [1.29, 1.82) is 0 Å². The van der Waals surface area contributed by atoms with Crippen LogP contribution in [0.1, 0.15) is 5.69 Å². The molecule has 11 heteroatoms. The third-order valence-corrected chi connectivity index (χ3v) is 5.56. The van der Waals surface area contributed by atoms with Gasteiger partial charge in [0.25, 0.3) is 0 Å². The van der Waals surface area contributed by atoms with E-state index in [1.165, 1.54) is 23.5 Å². The minimum absolute atomic E-state index is 0.0581. The average Bonchev–Trinajstić information content (AvgIpc) is 3.35. The number of anilines is 1. The Morgan fingerprint density at radius 3 is 2.48 bits per heavy atom. The van der Waals surface area contributed by atoms with Crippen LogP contribution in [-0.4, -0.2) is 35.9 Å². The third kappa shape index (κ3) is 5.20. The number of carbonyl (C=O) groups is 1. The second-order valence-electron chi connectivity index (χ2n) is 6.87. The molecule has 33 heavy (non-hydrogen) atoms. The molecule has 0 radical (unpaired) electrons. The summed E-state index contributed by atoms with van der Waals surface area (Å²) in [7, 11) is 3.12. The molecule has 4 aromatic rings. The van der Waals surface area contributed by atoms with Crippen molar-refractivity contribution < 1.29 is 32.2 Å². The minimum Gasteiger partial charge on any atom is -0.493 e. The molecule has 2 aromatic carbocycles. The second kappa shape index (κ2) is 9.02. The molecular formula is C22H18F3N3O4S. The van der Waals surface area contributed by atoms with Gasteiger partial charge < -0.3 is 19.5 Å². The maximum atomic E-state index is 12.5. The summed E-state index contributed by atoms with van der Waals surface area (Å²) in [5.74, 6) is 0.511. The molecule has 4 rings (SSSR count). The molecule has 172 valence electrons. The summed E-state index contributed by atoms with van der Waals surface area (Å²) in [5, 5.41) is 4.50. The Labute approximate surface area is 190 Å². The van der Waals surface area contributed by atoms with Gasteiger partial charge in [0.2, 0.25) is 5.91 Å². The zero-order valence-electron chi connectivity index (χ0n) is 17.5. The van der Waals surface area contributed by atoms with Crippen molar-refractivity contribution in [1.82, 2.24) is 9.38 Å². The number of benzene rings is 2. The first-order valence-electron chi connectivity index (χ1n) is 9.59. The fourth-order valence-corrected chi connectivity index (χ4v) is 4.07. The van der Waals surface area contributed by atoms with E-state index in [2.05, 4.69) is 15.0 Å². The molecule has 0 saturated heterocycles. The number of aromatic nitrogens is 2. The van der Waals surface area contributed by atoms with Crippen molar-refractivity contribution in [3.8, 4) is 28.5 Å². The summed E-state index contributed by atoms with van der Waals surface area (Å²) in [5.41, 5.74) is 2.63. The lowest BCUT2D eigenvalue weighted by molar-refractivity contribution is -0.274. The van der Waals surface area contributed by atoms with Crippen LogP contribution < -0.4 is 19.5 Å². The van der Waals surface area contributed by atoms with E-state index in [0.717, 1.165) is 28.4 Å². The van der Waals surface area contributed by atoms with Gasteiger partial charge in [-0.2, -0.15) is 0 Å². The zero-order chi connectivity index (χ0) is 23.6. The average molecular weight is 477 g/mol. The Kier molecular flexibility index (Phi) is 6.14. The maximum absolute atomic E-state index is 12.5. The Morgan fingerprint density at radius 2 is 1.82 bits per heavy atom. The highest BCUT2D eigenvalue weighted by molar-refractivity contribution is 7.15. The molecule has 1 N–H and O–H groups in total. The lowest BCUT2D eigenvalue weighted by atomic mass is 10.1. The van der Waals surface area contributed by atoms with Crippen LogP contribution in [0.3, 0.4) is 0 Å². The number of hydrogen-bond donors (Lipinski definition) is 1. The molecule has 2 heterocycles. The molecule has 1 amide bonds. The highest BCUT2D eigenvalue weighted by atomic mass is 32.1. The van der Waals surface area contributed by atoms with Gasteiger partial charge in [0.05, 0.1) is 26.3 Å². The number of hydrogen-bond acceptors (Lipinski definition) is 6. The van der Waals surface area contributed by atoms with E-state index in [4.69, 9.17) is 9.47 Å². The minimum atomic E-state index is -4.77. The molecule has 0 aliphatic carbocycles. The molecule has 0 aliphatic rings. The highest BCUT2D eigenvalue weighted by Crippen LogP contribution is 2.33. The zero-order valence-corrected chi connectivity index (χ0v) is 18.3. The quantitative estimate of drug-likeness (QED) is 0.398. The van der Waals surface area contributed by atoms with Gasteiger partial charge in [0.15, 0.2) is 16.5 Å². The molecule has 0 spiro atoms. The Hall–Kier alpha value is -3.73. The monoisotopic (exact) mass is 477 g/mol. The van der Waals surface area contributed by atoms with E-state index in [1.807, 2.05) is 28.1 Å². The van der Waals surface area contributed by atoms with Crippen LogP contribution in [0.15, 0.2) is 54.0 Å². The SMILES string of the molecule is COc1ccc(-c2cn3c(CC(=O)Nc4ccc(OC(F)(F)F)cc4)csc3n2)cc1OC. The molecule has 0 saturated carbocycles. The van der Waals surface area contributed by atoms with E-state index < -0.39 is 6.36 Å². The summed E-state index contributed by atoms with van der Waals surface area (Å²) >= 11 is 1.40. The number of imidazole rings is 1. The van der Waals surface area contributed by atoms with E-state index in [-0.39, 0.29) is 18.1 Å². The fraction of sp³-hybridized carbons (Fsp3) is 0.182. The summed E-state index contributed by atoms with van der Waals surface area (Å²) in [6, 6.07) is 10.4. The van der Waals surface area contributed by atoms with Crippen LogP contribution in [0.25, 0.3) is 16.2 Å². The van der Waals surface area contributed by atoms with Crippen molar-refractivity contribution >= 4 is 27.9 Å². The van der Waals surface area contributed by atoms with Crippen molar-refractivity contribution in [3.63, 3.8) is 0 Å². The van der Waals surface area contributed by atoms with Crippen LogP contribution in [-0.2, 0) is 11.2 Å². The smallest absolute Gasteiger partial charge is 0.493 e. The molecule has 0 unspecified atom stereocenters. The number of nitrogens with one attached hydrogen (secondary N) is 1. The molecular weight excluding hydrogens is 459 g/mol. The standard InChI is InChI=1S/C22H18F3N3O4S/c1-30-18-8-3-13(9-19(18)31-2)17-11-28-15(12-33-21(28)27-17)10-20(29)26-14-4-6-16(7-5-14)32-22(23,24)25/h3-9,11-12H,10H2,1-2H3,(H,26,29). The number of carbonyl (C=O) groups excluding carboxylic acids is 1. The first kappa shape index (κ1) is 22.5. The maximum Gasteiger partial charge on any atom is 0.573 e. The first-order valence-corrected chi connectivity index (χ1v) is 10.5. The fourth-order valence-electron chi connectivity index (χ4n) is 3.20. The number of halogens is 3. The highest BCUT2D eigenvalue weighted by Gasteiger charge is 2.31. The molecule has 2 aromatic heterocycles. The predicted molar refractivity (Wildman–Crippen MR) is 117 cm³/mol. The van der Waals surface area contributed by atoms with Gasteiger partial charge in [-0.1, -0.05) is 0 Å². The third-order valence-electron chi connectivity index (χ3n) is 4.68. The molecule has 0 atom stereocenters. The Balaban J connectivity index is 1.47. The van der Waals surface area contributed by atoms with Gasteiger partial charge in [-0.15, -0.1) is 24.5 Å². The second-order valence-corrected chi connectivity index (χ2v) is 7.71. The Morgan fingerprint density at radius 1 is 1.09 bits per heavy atom. The molecule has 0 bridgehead atoms. The molecule has 7 nitrogen and oxygen atoms in total. The van der Waals surface area contributed by atoms with Crippen LogP contribution in [0, 0.1) is 0 Å². The van der Waals surface area contributed by atoms with Gasteiger partial charge in [-0.05, 0) is 42.5 Å². The summed E-state index contributed by atoms with van der Waals surface area (Å²) < 4.78 is 53.0. The normalized spacial score (nSPS) is 11.4. The van der Waals surface area contributed by atoms with Crippen LogP contribution in [0.5, 0.6) is 17.2 Å². The van der Waals surface area contributed by atoms with E-state index in [1.54, 1.807) is 20.3 Å². The number of nitrogens with zero attached hydrogens (tertiary/aromatic N) is 2. The predicted octanol–water partition coefficient (Wildman–Crippen LogP) is 5.16. The number of amides is 1. The number of alkyl halides is 3. The largest absolute Gasteiger partial charge is 0.573 e. The van der Waals surface area contributed by atoms with Crippen molar-refractivity contribution in [3.05, 3.63) is 59.7 Å². The van der Waals surface area contributed by atoms with Crippen LogP contribution in [0.4, 0.5) is 18.9 Å². The number of thiazole rings is 1. The van der Waals surface area contributed by atoms with Gasteiger partial charge in [0.1, 0.15) is 5.75 Å². The van der Waals surface area contributed by atoms with Gasteiger partial charge in [-0.3, -0.25) is 9.20 Å². The van der Waals surface area contributed by atoms with E-state index in [9.17, 15) is 18.0 Å². The topological polar surface area (TPSA) is 74.1 Å². The number of rotatable bonds is 7. The summed E-state index contributed by atoms with van der Waals surface area (Å²) in [4.78, 5) is 17.8. The lowest BCUT2D eigenvalue weighted by Crippen LogP contribution is -2.17. The molecule has 0 fully saturated rings. The number of fused-ring (bicyclic) bond motifs is 1. The lowest BCUT2D eigenvalue weighted by Gasteiger charge is -2.10. The number of methoxy groups -OCH3 is 2. The van der Waals surface area contributed by atoms with Crippen LogP contribution >= 0.6 is 11.3 Å². The van der Waals surface area contributed by atoms with Crippen molar-refractivity contribution in [2.75, 3.05) is 19.5 Å². The summed E-state index contributed by atoms with van der Waals surface area (Å²) in [6.07, 6.45) is -2.88. The van der Waals surface area contributed by atoms with Crippen LogP contribution in [0.2, 0.25) is 0 Å². The van der Waals surface area contributed by atoms with Gasteiger partial charge in [0, 0.05) is 28.5 Å². The van der Waals surface area contributed by atoms with E-state index >= 15 is 0 Å². The van der Waals surface area contributed by atoms with E-state index in [0.29, 0.717) is 22.9 Å². The van der Waals surface area contributed by atoms with Gasteiger partial charge in [-0.25, -0.2) is 4.98 Å². The summed E-state index contributed by atoms with van der Waals surface area (Å²) in [6.45, 7) is 0. The molecule has 0 aliphatic heterocycles. The van der Waals surface area contributed by atoms with Crippen molar-refractivity contribution in [2.45, 2.75) is 12.8 Å².